The van der Waals surface area contributed by atoms with Crippen molar-refractivity contribution in [3.8, 4) is 11.5 Å². The van der Waals surface area contributed by atoms with Crippen LogP contribution in [0.4, 0.5) is 20.2 Å². The number of carbonyl (C=O) groups excluding carboxylic acids is 1. The molecule has 61 heavy (non-hydrogen) atoms. The van der Waals surface area contributed by atoms with Crippen LogP contribution in [0.3, 0.4) is 0 Å². The van der Waals surface area contributed by atoms with Gasteiger partial charge in [-0.25, -0.2) is 26.9 Å². The van der Waals surface area contributed by atoms with Gasteiger partial charge in [0.05, 0.1) is 27.5 Å². The normalized spacial score (nSPS) is 21.8. The number of allylic oxidation sites excluding steroid dienone is 1. The number of H-pyrrole nitrogens is 1. The number of carbonyl (C=O) groups is 1. The van der Waals surface area contributed by atoms with Crippen LogP contribution < -0.4 is 14.8 Å². The SMILES string of the molecule is O=C(NS(=O)(=O)c1ccc(NCC2CCOCC2)c([N+](=O)[O-])c1)c1ccc(C2=CCC(N3CCCC3c3ccccc3[C@H]3CC3(F)F)CC2)cc1Oc1cnc2[nH]ccc2c1. The quantitative estimate of drug-likeness (QED) is 0.0768. The number of aromatic amines is 1. The summed E-state index contributed by atoms with van der Waals surface area (Å²) in [6.07, 6.45) is 11.1. The van der Waals surface area contributed by atoms with Crippen molar-refractivity contribution in [3.05, 3.63) is 124 Å². The number of rotatable bonds is 13. The molecule has 2 unspecified atom stereocenters. The van der Waals surface area contributed by atoms with E-state index in [1.807, 2.05) is 30.3 Å². The van der Waals surface area contributed by atoms with E-state index in [4.69, 9.17) is 9.47 Å². The lowest BCUT2D eigenvalue weighted by atomic mass is 9.88. The van der Waals surface area contributed by atoms with Crippen LogP contribution in [0.15, 0.2) is 96.2 Å². The van der Waals surface area contributed by atoms with E-state index < -0.39 is 43.3 Å². The molecule has 4 heterocycles. The van der Waals surface area contributed by atoms with Crippen molar-refractivity contribution in [2.24, 2.45) is 5.92 Å². The van der Waals surface area contributed by atoms with Crippen molar-refractivity contribution in [1.29, 1.82) is 0 Å². The summed E-state index contributed by atoms with van der Waals surface area (Å²) < 4.78 is 69.5. The number of amides is 1. The molecule has 5 aromatic rings. The first-order valence-corrected chi connectivity index (χ1v) is 22.3. The number of nitro groups is 1. The van der Waals surface area contributed by atoms with Gasteiger partial charge in [-0.05, 0) is 116 Å². The molecule has 3 fully saturated rings. The molecule has 9 rings (SSSR count). The van der Waals surface area contributed by atoms with Gasteiger partial charge in [-0.15, -0.1) is 0 Å². The number of alkyl halides is 2. The van der Waals surface area contributed by atoms with E-state index in [0.717, 1.165) is 78.8 Å². The number of nitro benzene ring substituents is 1. The monoisotopic (exact) mass is 852 g/mol. The molecule has 3 N–H and O–H groups in total. The number of nitrogens with one attached hydrogen (secondary N) is 3. The molecule has 3 aromatic carbocycles. The van der Waals surface area contributed by atoms with Gasteiger partial charge in [0.1, 0.15) is 22.8 Å². The van der Waals surface area contributed by atoms with E-state index in [-0.39, 0.29) is 41.4 Å². The van der Waals surface area contributed by atoms with E-state index in [0.29, 0.717) is 37.6 Å². The Kier molecular flexibility index (Phi) is 11.1. The van der Waals surface area contributed by atoms with Crippen LogP contribution in [0.2, 0.25) is 0 Å². The lowest BCUT2D eigenvalue weighted by Crippen LogP contribution is -2.36. The van der Waals surface area contributed by atoms with Crippen molar-refractivity contribution in [2.75, 3.05) is 31.6 Å². The Morgan fingerprint density at radius 2 is 1.84 bits per heavy atom. The molecular weight excluding hydrogens is 807 g/mol. The first kappa shape index (κ1) is 40.7. The summed E-state index contributed by atoms with van der Waals surface area (Å²) >= 11 is 0. The molecule has 0 radical (unpaired) electrons. The number of anilines is 1. The molecule has 3 atom stereocenters. The smallest absolute Gasteiger partial charge is 0.293 e. The van der Waals surface area contributed by atoms with Crippen LogP contribution in [0.25, 0.3) is 16.6 Å². The minimum absolute atomic E-state index is 0.0696. The molecule has 0 spiro atoms. The Balaban J connectivity index is 0.952. The summed E-state index contributed by atoms with van der Waals surface area (Å²) in [5, 5.41) is 15.9. The Labute approximate surface area is 351 Å². The van der Waals surface area contributed by atoms with Gasteiger partial charge in [0.15, 0.2) is 0 Å². The van der Waals surface area contributed by atoms with Crippen molar-refractivity contribution in [3.63, 3.8) is 0 Å². The second-order valence-corrected chi connectivity index (χ2v) is 18.1. The molecule has 2 aliphatic heterocycles. The highest BCUT2D eigenvalue weighted by Crippen LogP contribution is 2.57. The van der Waals surface area contributed by atoms with Crippen LogP contribution >= 0.6 is 0 Å². The average Bonchev–Trinajstić information content (AvgIpc) is 3.59. The Bertz CT molecular complexity index is 2630. The van der Waals surface area contributed by atoms with Crippen LogP contribution in [-0.2, 0) is 14.8 Å². The highest BCUT2D eigenvalue weighted by Gasteiger charge is 2.58. The van der Waals surface area contributed by atoms with Crippen LogP contribution in [0.1, 0.15) is 90.4 Å². The second kappa shape index (κ2) is 16.6. The van der Waals surface area contributed by atoms with Gasteiger partial charge in [0, 0.05) is 55.9 Å². The minimum Gasteiger partial charge on any atom is -0.455 e. The fourth-order valence-corrected chi connectivity index (χ4v) is 10.1. The average molecular weight is 853 g/mol. The second-order valence-electron chi connectivity index (χ2n) is 16.4. The number of halogens is 2. The van der Waals surface area contributed by atoms with E-state index in [2.05, 4.69) is 31.0 Å². The Hall–Kier alpha value is -5.71. The standard InChI is InChI=1S/C45H46F2N6O7S/c46-45(47)25-38(45)35-4-1-2-5-36(35)40-6-3-19-52(40)32-10-7-29(8-11-32)30-9-13-37(42(23-30)60-33-22-31-15-18-48-43(31)50-27-33)44(54)51-61(57,58)34-12-14-39(41(24-34)53(55)56)49-26-28-16-20-59-21-17-28/h1-2,4-5,7,9,12-15,18,22-24,27-28,32,38,40,49H,3,6,8,10-11,16-17,19-21,25-26H2,(H,48,50)(H,51,54)/t32?,38-,40?/m1/s1. The Morgan fingerprint density at radius 1 is 1.03 bits per heavy atom. The Morgan fingerprint density at radius 3 is 2.59 bits per heavy atom. The molecular formula is C45H46F2N6O7S. The lowest BCUT2D eigenvalue weighted by molar-refractivity contribution is -0.384. The maximum atomic E-state index is 14.2. The van der Waals surface area contributed by atoms with E-state index in [9.17, 15) is 32.1 Å². The van der Waals surface area contributed by atoms with E-state index in [1.54, 1.807) is 24.4 Å². The van der Waals surface area contributed by atoms with Gasteiger partial charge >= 0.3 is 0 Å². The number of ether oxygens (including phenoxy) is 2. The third kappa shape index (κ3) is 8.61. The number of hydrogen-bond donors (Lipinski definition) is 3. The maximum Gasteiger partial charge on any atom is 0.293 e. The molecule has 2 aliphatic carbocycles. The molecule has 0 bridgehead atoms. The van der Waals surface area contributed by atoms with Gasteiger partial charge in [-0.1, -0.05) is 36.4 Å². The van der Waals surface area contributed by atoms with Gasteiger partial charge < -0.3 is 19.8 Å². The number of aromatic nitrogens is 2. The fourth-order valence-electron chi connectivity index (χ4n) is 9.14. The number of fused-ring (bicyclic) bond motifs is 1. The number of pyridine rings is 1. The molecule has 2 saturated heterocycles. The maximum absolute atomic E-state index is 14.2. The topological polar surface area (TPSA) is 169 Å². The zero-order chi connectivity index (χ0) is 42.3. The van der Waals surface area contributed by atoms with Crippen molar-refractivity contribution < 1.29 is 36.4 Å². The summed E-state index contributed by atoms with van der Waals surface area (Å²) in [6, 6.07) is 20.0. The highest BCUT2D eigenvalue weighted by atomic mass is 32.2. The van der Waals surface area contributed by atoms with Crippen LogP contribution in [0, 0.1) is 16.0 Å². The third-order valence-corrected chi connectivity index (χ3v) is 13.9. The molecule has 1 saturated carbocycles. The number of nitrogens with zero attached hydrogens (tertiary/aromatic N) is 3. The summed E-state index contributed by atoms with van der Waals surface area (Å²) in [4.78, 5) is 34.8. The van der Waals surface area contributed by atoms with Crippen molar-refractivity contribution in [2.45, 2.75) is 80.2 Å². The fraction of sp³-hybridized carbons (Fsp3) is 0.378. The van der Waals surface area contributed by atoms with E-state index >= 15 is 0 Å². The van der Waals surface area contributed by atoms with Crippen molar-refractivity contribution >= 4 is 43.9 Å². The predicted octanol–water partition coefficient (Wildman–Crippen LogP) is 9.12. The third-order valence-electron chi connectivity index (χ3n) is 12.5. The van der Waals surface area contributed by atoms with E-state index in [1.165, 1.54) is 24.4 Å². The van der Waals surface area contributed by atoms with Crippen LogP contribution in [0.5, 0.6) is 11.5 Å². The molecule has 1 amide bonds. The number of likely N-dealkylation sites (tertiary alicyclic amines) is 1. The summed E-state index contributed by atoms with van der Waals surface area (Å²) in [5.74, 6) is -3.66. The molecule has 2 aromatic heterocycles. The highest BCUT2D eigenvalue weighted by molar-refractivity contribution is 7.90. The summed E-state index contributed by atoms with van der Waals surface area (Å²) in [7, 11) is -4.58. The lowest BCUT2D eigenvalue weighted by Gasteiger charge is -2.36. The van der Waals surface area contributed by atoms with Gasteiger partial charge in [0.25, 0.3) is 27.5 Å². The summed E-state index contributed by atoms with van der Waals surface area (Å²) in [6.45, 7) is 2.59. The first-order chi connectivity index (χ1) is 29.4. The molecule has 4 aliphatic rings. The van der Waals surface area contributed by atoms with Gasteiger partial charge in [-0.2, -0.15) is 0 Å². The van der Waals surface area contributed by atoms with Crippen LogP contribution in [-0.4, -0.2) is 72.4 Å². The zero-order valence-corrected chi connectivity index (χ0v) is 34.1. The number of hydrogen-bond acceptors (Lipinski definition) is 10. The largest absolute Gasteiger partial charge is 0.455 e. The molecule has 16 heteroatoms. The summed E-state index contributed by atoms with van der Waals surface area (Å²) in [5.41, 5.74) is 3.92. The minimum atomic E-state index is -4.58. The predicted molar refractivity (Wildman–Crippen MR) is 225 cm³/mol. The number of benzene rings is 3. The van der Waals surface area contributed by atoms with Crippen molar-refractivity contribution in [1.82, 2.24) is 19.6 Å². The van der Waals surface area contributed by atoms with Gasteiger partial charge in [-0.3, -0.25) is 19.8 Å². The van der Waals surface area contributed by atoms with Gasteiger partial charge in [0.2, 0.25) is 0 Å². The molecule has 318 valence electrons. The first-order valence-electron chi connectivity index (χ1n) is 20.8. The molecule has 13 nitrogen and oxygen atoms in total. The number of sulfonamides is 1. The zero-order valence-electron chi connectivity index (χ0n) is 33.3.